The number of benzene rings is 4. The van der Waals surface area contributed by atoms with Gasteiger partial charge in [0.1, 0.15) is 40.7 Å². The highest BCUT2D eigenvalue weighted by atomic mass is 31.2. The van der Waals surface area contributed by atoms with E-state index in [0.717, 1.165) is 16.7 Å². The van der Waals surface area contributed by atoms with Gasteiger partial charge in [0, 0.05) is 18.5 Å². The van der Waals surface area contributed by atoms with Crippen molar-refractivity contribution in [2.24, 2.45) is 0 Å². The highest BCUT2D eigenvalue weighted by Crippen LogP contribution is 2.51. The van der Waals surface area contributed by atoms with E-state index in [2.05, 4.69) is 58.7 Å². The lowest BCUT2D eigenvalue weighted by molar-refractivity contribution is -0.118. The van der Waals surface area contributed by atoms with Crippen LogP contribution in [0.1, 0.15) is 63.5 Å². The molecular formula is C49H56N7O10P. The molecule has 0 spiro atoms. The molecule has 1 fully saturated rings. The predicted molar refractivity (Wildman–Crippen MR) is 252 cm³/mol. The summed E-state index contributed by atoms with van der Waals surface area (Å²) in [6.07, 6.45) is -2.21. The topological polar surface area (TPSA) is 194 Å². The number of nitrogens with zero attached hydrogens (tertiary/aromatic N) is 5. The molecule has 0 saturated carbocycles. The van der Waals surface area contributed by atoms with Gasteiger partial charge < -0.3 is 37.5 Å². The molecule has 4 atom stereocenters. The molecule has 1 saturated heterocycles. The summed E-state index contributed by atoms with van der Waals surface area (Å²) in [4.78, 5) is 39.0. The van der Waals surface area contributed by atoms with Crippen molar-refractivity contribution in [1.82, 2.24) is 24.2 Å². The summed E-state index contributed by atoms with van der Waals surface area (Å²) in [7, 11) is 2.86. The zero-order valence-electron chi connectivity index (χ0n) is 38.6. The van der Waals surface area contributed by atoms with Gasteiger partial charge in [-0.1, -0.05) is 72.8 Å². The van der Waals surface area contributed by atoms with Crippen molar-refractivity contribution in [3.63, 3.8) is 0 Å². The number of ether oxygens (including phenoxy) is 6. The standard InChI is InChI=1S/C49H56N7O10P/c1-32(2)56(33(3)4)67(64-28-14-27-50)66-40-29-43(55-45-44(52-48(55)58)46(61-7)54-47(53-45)51-42(57)31-62-39-17-12-9-13-18-39)65-41(40)30-63-49(34-15-10-8-11-16-34,35-19-23-37(59-5)24-20-35)36-21-25-38(60-6)26-22-36/h8-13,15-26,32-33,40-41,43H,14,28-31H2,1-7H3,(H,52,58)(H,51,53,54,57)/t40-,41+,43+,67?/m0/s1. The summed E-state index contributed by atoms with van der Waals surface area (Å²) in [6, 6.07) is 36.4. The van der Waals surface area contributed by atoms with Gasteiger partial charge in [-0.2, -0.15) is 15.2 Å². The van der Waals surface area contributed by atoms with E-state index < -0.39 is 44.2 Å². The zero-order valence-corrected chi connectivity index (χ0v) is 39.5. The van der Waals surface area contributed by atoms with Gasteiger partial charge in [0.05, 0.1) is 53.1 Å². The molecule has 0 bridgehead atoms. The number of fused-ring (bicyclic) bond motifs is 1. The normalized spacial score (nSPS) is 16.6. The number of para-hydroxylation sites is 1. The Morgan fingerprint density at radius 3 is 2.03 bits per heavy atom. The van der Waals surface area contributed by atoms with E-state index in [1.165, 1.54) is 11.7 Å². The molecule has 17 nitrogen and oxygen atoms in total. The highest BCUT2D eigenvalue weighted by Gasteiger charge is 2.46. The minimum Gasteiger partial charge on any atom is -0.497 e. The summed E-state index contributed by atoms with van der Waals surface area (Å²) < 4.78 is 53.5. The predicted octanol–water partition coefficient (Wildman–Crippen LogP) is 8.12. The van der Waals surface area contributed by atoms with Gasteiger partial charge in [0.25, 0.3) is 14.4 Å². The first-order valence-electron chi connectivity index (χ1n) is 21.9. The molecular weight excluding hydrogens is 878 g/mol. The lowest BCUT2D eigenvalue weighted by Gasteiger charge is -2.39. The third-order valence-corrected chi connectivity index (χ3v) is 13.2. The van der Waals surface area contributed by atoms with Crippen molar-refractivity contribution < 1.29 is 42.3 Å². The van der Waals surface area contributed by atoms with Crippen molar-refractivity contribution in [3.05, 3.63) is 136 Å². The van der Waals surface area contributed by atoms with Crippen molar-refractivity contribution in [1.29, 1.82) is 5.26 Å². The molecule has 3 heterocycles. The number of nitriles is 1. The van der Waals surface area contributed by atoms with E-state index in [4.69, 9.17) is 37.5 Å². The van der Waals surface area contributed by atoms with Crippen LogP contribution in [-0.4, -0.2) is 95.5 Å². The molecule has 0 aliphatic carbocycles. The van der Waals surface area contributed by atoms with Gasteiger partial charge in [-0.25, -0.2) is 14.0 Å². The fourth-order valence-corrected chi connectivity index (χ4v) is 9.84. The van der Waals surface area contributed by atoms with Gasteiger partial charge >= 0.3 is 5.69 Å². The van der Waals surface area contributed by atoms with Gasteiger partial charge in [-0.15, -0.1) is 0 Å². The number of hydrogen-bond acceptors (Lipinski definition) is 14. The third-order valence-electron chi connectivity index (χ3n) is 11.1. The highest BCUT2D eigenvalue weighted by molar-refractivity contribution is 7.44. The van der Waals surface area contributed by atoms with Crippen LogP contribution in [0.2, 0.25) is 0 Å². The van der Waals surface area contributed by atoms with E-state index in [-0.39, 0.29) is 67.7 Å². The molecule has 6 aromatic rings. The van der Waals surface area contributed by atoms with Gasteiger partial charge in [-0.05, 0) is 80.8 Å². The molecule has 18 heteroatoms. The molecule has 1 unspecified atom stereocenters. The Hall–Kier alpha value is -6.38. The Morgan fingerprint density at radius 2 is 1.46 bits per heavy atom. The van der Waals surface area contributed by atoms with Crippen LogP contribution >= 0.6 is 8.53 Å². The number of anilines is 1. The van der Waals surface area contributed by atoms with E-state index in [1.54, 1.807) is 38.5 Å². The molecule has 0 radical (unpaired) electrons. The van der Waals surface area contributed by atoms with Crippen LogP contribution in [0.5, 0.6) is 23.1 Å². The summed E-state index contributed by atoms with van der Waals surface area (Å²) in [6.45, 7) is 8.01. The van der Waals surface area contributed by atoms with Crippen LogP contribution < -0.4 is 30.0 Å². The van der Waals surface area contributed by atoms with Crippen LogP contribution in [-0.2, 0) is 28.9 Å². The molecule has 67 heavy (non-hydrogen) atoms. The lowest BCUT2D eigenvalue weighted by atomic mass is 9.80. The van der Waals surface area contributed by atoms with E-state index >= 15 is 0 Å². The SMILES string of the molecule is COc1ccc(C(OC[C@H]2O[C@@H](n3c(=O)[nH]c4c(OC)nc(NC(=O)COc5ccccc5)nc43)C[C@@H]2OP(OCCC#N)N(C(C)C)C(C)C)(c2ccccc2)c2ccc(OC)cc2)cc1. The van der Waals surface area contributed by atoms with Crippen LogP contribution in [0.15, 0.2) is 114 Å². The van der Waals surface area contributed by atoms with Crippen LogP contribution in [0.3, 0.4) is 0 Å². The molecule has 1 aliphatic heterocycles. The quantitative estimate of drug-likeness (QED) is 0.0377. The summed E-state index contributed by atoms with van der Waals surface area (Å²) >= 11 is 0. The number of H-pyrrole nitrogens is 1. The Kier molecular flexibility index (Phi) is 16.2. The van der Waals surface area contributed by atoms with Crippen LogP contribution in [0, 0.1) is 11.3 Å². The van der Waals surface area contributed by atoms with Crippen LogP contribution in [0.4, 0.5) is 5.95 Å². The Balaban J connectivity index is 1.30. The summed E-state index contributed by atoms with van der Waals surface area (Å²) in [5.41, 5.74) is 1.01. The van der Waals surface area contributed by atoms with Gasteiger partial charge in [0.2, 0.25) is 11.8 Å². The minimum absolute atomic E-state index is 0.00372. The second kappa shape index (κ2) is 22.4. The van der Waals surface area contributed by atoms with Gasteiger partial charge in [-0.3, -0.25) is 15.1 Å². The fraction of sp³-hybridized carbons (Fsp3) is 0.367. The first-order chi connectivity index (χ1) is 32.5. The number of carbonyl (C=O) groups is 1. The van der Waals surface area contributed by atoms with E-state index in [9.17, 15) is 14.9 Å². The lowest BCUT2D eigenvalue weighted by Crippen LogP contribution is -2.39. The zero-order chi connectivity index (χ0) is 47.5. The fourth-order valence-electron chi connectivity index (χ4n) is 8.08. The number of amides is 1. The number of carbonyl (C=O) groups excluding carboxylic acids is 1. The first kappa shape index (κ1) is 48.6. The first-order valence-corrected chi connectivity index (χ1v) is 23.1. The van der Waals surface area contributed by atoms with Crippen molar-refractivity contribution >= 4 is 31.5 Å². The molecule has 1 amide bonds. The molecule has 2 N–H and O–H groups in total. The van der Waals surface area contributed by atoms with Crippen molar-refractivity contribution in [2.45, 2.75) is 76.7 Å². The maximum absolute atomic E-state index is 14.1. The number of rotatable bonds is 22. The van der Waals surface area contributed by atoms with Crippen LogP contribution in [0.25, 0.3) is 11.2 Å². The smallest absolute Gasteiger partial charge is 0.329 e. The average molecular weight is 934 g/mol. The Morgan fingerprint density at radius 1 is 0.866 bits per heavy atom. The van der Waals surface area contributed by atoms with Crippen molar-refractivity contribution in [2.75, 3.05) is 46.5 Å². The number of aromatic nitrogens is 4. The number of nitrogens with one attached hydrogen (secondary N) is 2. The summed E-state index contributed by atoms with van der Waals surface area (Å²) in [5, 5.41) is 12.1. The number of aromatic amines is 1. The van der Waals surface area contributed by atoms with Crippen molar-refractivity contribution in [3.8, 4) is 29.2 Å². The minimum atomic E-state index is -1.78. The summed E-state index contributed by atoms with van der Waals surface area (Å²) in [5.74, 6) is 1.24. The average Bonchev–Trinajstić information content (AvgIpc) is 3.90. The molecule has 1 aliphatic rings. The number of methoxy groups -OCH3 is 3. The second-order valence-electron chi connectivity index (χ2n) is 16.1. The monoisotopic (exact) mass is 933 g/mol. The number of imidazole rings is 1. The molecule has 352 valence electrons. The third kappa shape index (κ3) is 11.1. The maximum Gasteiger partial charge on any atom is 0.329 e. The Labute approximate surface area is 390 Å². The Bertz CT molecular complexity index is 2590. The molecule has 2 aromatic heterocycles. The van der Waals surface area contributed by atoms with E-state index in [1.807, 2.05) is 84.9 Å². The largest absolute Gasteiger partial charge is 0.497 e. The second-order valence-corrected chi connectivity index (χ2v) is 17.5. The van der Waals surface area contributed by atoms with Gasteiger partial charge in [0.15, 0.2) is 12.3 Å². The molecule has 7 rings (SSSR count). The van der Waals surface area contributed by atoms with E-state index in [0.29, 0.717) is 17.2 Å². The molecule has 4 aromatic carbocycles. The maximum atomic E-state index is 14.1. The number of hydrogen-bond donors (Lipinski definition) is 2.